The van der Waals surface area contributed by atoms with Gasteiger partial charge in [-0.15, -0.1) is 0 Å². The van der Waals surface area contributed by atoms with Crippen LogP contribution in [0.5, 0.6) is 0 Å². The summed E-state index contributed by atoms with van der Waals surface area (Å²) in [5.41, 5.74) is 0.435. The van der Waals surface area contributed by atoms with E-state index in [4.69, 9.17) is 4.74 Å². The lowest BCUT2D eigenvalue weighted by Crippen LogP contribution is -2.36. The van der Waals surface area contributed by atoms with Crippen LogP contribution >= 0.6 is 15.9 Å². The van der Waals surface area contributed by atoms with E-state index in [1.165, 1.54) is 0 Å². The molecule has 1 amide bonds. The van der Waals surface area contributed by atoms with Crippen LogP contribution in [0.3, 0.4) is 0 Å². The second-order valence-corrected chi connectivity index (χ2v) is 8.17. The van der Waals surface area contributed by atoms with Gasteiger partial charge in [0.05, 0.1) is 5.92 Å². The quantitative estimate of drug-likeness (QED) is 0.771. The molecule has 0 bridgehead atoms. The number of likely N-dealkylation sites (tertiary alicyclic amines) is 1. The molecule has 1 saturated heterocycles. The molecule has 0 radical (unpaired) electrons. The summed E-state index contributed by atoms with van der Waals surface area (Å²) in [6.07, 6.45) is 0.780. The van der Waals surface area contributed by atoms with Gasteiger partial charge < -0.3 is 20.9 Å². The van der Waals surface area contributed by atoms with Crippen LogP contribution in [0.1, 0.15) is 32.8 Å². The Morgan fingerprint density at radius 2 is 2.08 bits per heavy atom. The molecule has 1 aliphatic rings. The number of ether oxygens (including phenoxy) is 1. The first-order valence-electron chi connectivity index (χ1n) is 8.11. The Bertz CT molecular complexity index is 615. The highest BCUT2D eigenvalue weighted by Crippen LogP contribution is 2.29. The lowest BCUT2D eigenvalue weighted by molar-refractivity contribution is -0.143. The highest BCUT2D eigenvalue weighted by Gasteiger charge is 2.37. The van der Waals surface area contributed by atoms with Gasteiger partial charge in [0.1, 0.15) is 5.60 Å². The third-order valence-electron chi connectivity index (χ3n) is 4.11. The summed E-state index contributed by atoms with van der Waals surface area (Å²) in [4.78, 5) is 25.5. The molecular weight excluding hydrogens is 388 g/mol. The summed E-state index contributed by atoms with van der Waals surface area (Å²) in [6, 6.07) is 7.69. The summed E-state index contributed by atoms with van der Waals surface area (Å²) in [6.45, 7) is 6.45. The molecular formula is C18H27BrN2O4. The van der Waals surface area contributed by atoms with Crippen molar-refractivity contribution in [3.63, 3.8) is 0 Å². The number of hydrogen-bond donors (Lipinski definition) is 2. The number of nitrogens with zero attached hydrogens (tertiary/aromatic N) is 1. The van der Waals surface area contributed by atoms with Crippen molar-refractivity contribution in [2.45, 2.75) is 39.2 Å². The summed E-state index contributed by atoms with van der Waals surface area (Å²) < 4.78 is 6.31. The van der Waals surface area contributed by atoms with E-state index in [1.807, 2.05) is 45.0 Å². The first-order chi connectivity index (χ1) is 11.2. The third-order valence-corrected chi connectivity index (χ3v) is 4.60. The molecule has 0 unspecified atom stereocenters. The second-order valence-electron chi connectivity index (χ2n) is 7.25. The van der Waals surface area contributed by atoms with Crippen LogP contribution in [-0.4, -0.2) is 40.8 Å². The van der Waals surface area contributed by atoms with Gasteiger partial charge in [-0.3, -0.25) is 4.79 Å². The number of carboxylic acids is 1. The molecule has 140 valence electrons. The second kappa shape index (κ2) is 8.67. The van der Waals surface area contributed by atoms with Crippen LogP contribution in [0.4, 0.5) is 4.79 Å². The zero-order valence-corrected chi connectivity index (χ0v) is 16.6. The standard InChI is InChI=1S/C18H24BrNO4.H3N/c1-18(2,3)24-17(23)20-8-7-13(11-20)15(16(21)22)10-12-5-4-6-14(19)9-12;/h4-6,9,13,15H,7-8,10-11H2,1-3H3,(H,21,22);1H3/t13-,15-;/m0./s1. The molecule has 2 atom stereocenters. The van der Waals surface area contributed by atoms with Crippen LogP contribution in [-0.2, 0) is 16.0 Å². The number of halogens is 1. The Balaban J connectivity index is 0.00000312. The number of hydrogen-bond acceptors (Lipinski definition) is 4. The highest BCUT2D eigenvalue weighted by molar-refractivity contribution is 9.10. The van der Waals surface area contributed by atoms with Gasteiger partial charge in [0.25, 0.3) is 0 Å². The lowest BCUT2D eigenvalue weighted by atomic mass is 9.86. The van der Waals surface area contributed by atoms with Crippen LogP contribution in [0.2, 0.25) is 0 Å². The Kier molecular flexibility index (Phi) is 7.44. The van der Waals surface area contributed by atoms with E-state index in [9.17, 15) is 14.7 Å². The monoisotopic (exact) mass is 414 g/mol. The maximum absolute atomic E-state index is 12.2. The molecule has 4 N–H and O–H groups in total. The average molecular weight is 415 g/mol. The van der Waals surface area contributed by atoms with Crippen LogP contribution in [0.15, 0.2) is 28.7 Å². The Labute approximate surface area is 157 Å². The molecule has 25 heavy (non-hydrogen) atoms. The lowest BCUT2D eigenvalue weighted by Gasteiger charge is -2.25. The van der Waals surface area contributed by atoms with E-state index >= 15 is 0 Å². The number of benzene rings is 1. The molecule has 1 heterocycles. The van der Waals surface area contributed by atoms with Gasteiger partial charge in [-0.05, 0) is 57.2 Å². The molecule has 0 aromatic heterocycles. The summed E-state index contributed by atoms with van der Waals surface area (Å²) in [5.74, 6) is -1.38. The van der Waals surface area contributed by atoms with Crippen molar-refractivity contribution in [3.8, 4) is 0 Å². The predicted molar refractivity (Wildman–Crippen MR) is 99.9 cm³/mol. The minimum atomic E-state index is -0.814. The fraction of sp³-hybridized carbons (Fsp3) is 0.556. The normalized spacial score (nSPS) is 18.4. The summed E-state index contributed by atoms with van der Waals surface area (Å²) in [5, 5.41) is 9.63. The minimum Gasteiger partial charge on any atom is -0.481 e. The van der Waals surface area contributed by atoms with E-state index in [1.54, 1.807) is 4.90 Å². The topological polar surface area (TPSA) is 102 Å². The number of amides is 1. The minimum absolute atomic E-state index is 0. The van der Waals surface area contributed by atoms with Crippen LogP contribution in [0, 0.1) is 11.8 Å². The smallest absolute Gasteiger partial charge is 0.410 e. The van der Waals surface area contributed by atoms with Crippen molar-refractivity contribution in [1.29, 1.82) is 0 Å². The molecule has 1 fully saturated rings. The van der Waals surface area contributed by atoms with Crippen molar-refractivity contribution in [3.05, 3.63) is 34.3 Å². The number of rotatable bonds is 4. The van der Waals surface area contributed by atoms with Gasteiger partial charge >= 0.3 is 12.1 Å². The van der Waals surface area contributed by atoms with E-state index in [0.717, 1.165) is 10.0 Å². The Morgan fingerprint density at radius 3 is 2.64 bits per heavy atom. The average Bonchev–Trinajstić information content (AvgIpc) is 2.92. The maximum Gasteiger partial charge on any atom is 0.410 e. The Morgan fingerprint density at radius 1 is 1.40 bits per heavy atom. The first-order valence-corrected chi connectivity index (χ1v) is 8.90. The van der Waals surface area contributed by atoms with Crippen molar-refractivity contribution in [2.24, 2.45) is 11.8 Å². The SMILES string of the molecule is CC(C)(C)OC(=O)N1CC[C@H]([C@H](Cc2cccc(Br)c2)C(=O)O)C1.N. The number of carbonyl (C=O) groups excluding carboxylic acids is 1. The first kappa shape index (κ1) is 21.4. The molecule has 2 rings (SSSR count). The fourth-order valence-electron chi connectivity index (χ4n) is 2.98. The van der Waals surface area contributed by atoms with E-state index in [0.29, 0.717) is 25.9 Å². The highest BCUT2D eigenvalue weighted by atomic mass is 79.9. The van der Waals surface area contributed by atoms with Crippen molar-refractivity contribution in [1.82, 2.24) is 11.1 Å². The van der Waals surface area contributed by atoms with Gasteiger partial charge in [0, 0.05) is 17.6 Å². The number of aliphatic carboxylic acids is 1. The largest absolute Gasteiger partial charge is 0.481 e. The summed E-state index contributed by atoms with van der Waals surface area (Å²) in [7, 11) is 0. The molecule has 7 heteroatoms. The predicted octanol–water partition coefficient (Wildman–Crippen LogP) is 4.11. The zero-order valence-electron chi connectivity index (χ0n) is 15.0. The van der Waals surface area contributed by atoms with E-state index in [2.05, 4.69) is 15.9 Å². The van der Waals surface area contributed by atoms with E-state index in [-0.39, 0.29) is 18.2 Å². The van der Waals surface area contributed by atoms with Crippen molar-refractivity contribution in [2.75, 3.05) is 13.1 Å². The molecule has 1 aromatic rings. The number of carboxylic acid groups (broad SMARTS) is 1. The van der Waals surface area contributed by atoms with Gasteiger partial charge in [0.15, 0.2) is 0 Å². The van der Waals surface area contributed by atoms with Crippen molar-refractivity contribution < 1.29 is 19.4 Å². The van der Waals surface area contributed by atoms with Crippen molar-refractivity contribution >= 4 is 28.0 Å². The molecule has 0 spiro atoms. The molecule has 0 aliphatic carbocycles. The fourth-order valence-corrected chi connectivity index (χ4v) is 3.43. The zero-order chi connectivity index (χ0) is 17.9. The third kappa shape index (κ3) is 6.32. The van der Waals surface area contributed by atoms with Crippen LogP contribution < -0.4 is 6.15 Å². The van der Waals surface area contributed by atoms with Crippen LogP contribution in [0.25, 0.3) is 0 Å². The van der Waals surface area contributed by atoms with Gasteiger partial charge in [-0.1, -0.05) is 28.1 Å². The Hall–Kier alpha value is -1.60. The van der Waals surface area contributed by atoms with Gasteiger partial charge in [-0.25, -0.2) is 4.79 Å². The number of carbonyl (C=O) groups is 2. The molecule has 6 nitrogen and oxygen atoms in total. The van der Waals surface area contributed by atoms with E-state index < -0.39 is 17.5 Å². The maximum atomic E-state index is 12.2. The molecule has 1 aromatic carbocycles. The summed E-state index contributed by atoms with van der Waals surface area (Å²) >= 11 is 3.41. The molecule has 0 saturated carbocycles. The molecule has 1 aliphatic heterocycles. The van der Waals surface area contributed by atoms with Gasteiger partial charge in [-0.2, -0.15) is 0 Å². The van der Waals surface area contributed by atoms with Gasteiger partial charge in [0.2, 0.25) is 0 Å².